The highest BCUT2D eigenvalue weighted by atomic mass is 15.1. The van der Waals surface area contributed by atoms with Crippen LogP contribution in [-0.4, -0.2) is 23.5 Å². The van der Waals surface area contributed by atoms with Gasteiger partial charge in [0.1, 0.15) is 0 Å². The maximum atomic E-state index is 4.59. The van der Waals surface area contributed by atoms with Crippen LogP contribution >= 0.6 is 0 Å². The summed E-state index contributed by atoms with van der Waals surface area (Å²) >= 11 is 0. The van der Waals surface area contributed by atoms with E-state index >= 15 is 0 Å². The lowest BCUT2D eigenvalue weighted by atomic mass is 10.0. The first-order valence-corrected chi connectivity index (χ1v) is 5.49. The third kappa shape index (κ3) is 1.44. The van der Waals surface area contributed by atoms with E-state index in [-0.39, 0.29) is 0 Å². The molecule has 0 radical (unpaired) electrons. The van der Waals surface area contributed by atoms with E-state index in [0.29, 0.717) is 0 Å². The summed E-state index contributed by atoms with van der Waals surface area (Å²) < 4.78 is 0. The molecular formula is C12H16N2. The summed E-state index contributed by atoms with van der Waals surface area (Å²) in [6.07, 6.45) is 5.96. The Morgan fingerprint density at radius 3 is 3.07 bits per heavy atom. The highest BCUT2D eigenvalue weighted by molar-refractivity contribution is 5.31. The molecule has 0 bridgehead atoms. The molecule has 3 rings (SSSR count). The van der Waals surface area contributed by atoms with Crippen molar-refractivity contribution in [1.82, 2.24) is 9.88 Å². The molecule has 2 nitrogen and oxygen atoms in total. The molecule has 2 aliphatic rings. The lowest BCUT2D eigenvalue weighted by molar-refractivity contribution is 0.309. The Morgan fingerprint density at radius 1 is 1.43 bits per heavy atom. The van der Waals surface area contributed by atoms with Crippen molar-refractivity contribution in [2.45, 2.75) is 31.7 Å². The van der Waals surface area contributed by atoms with Crippen LogP contribution in [0, 0.1) is 0 Å². The molecule has 0 unspecified atom stereocenters. The van der Waals surface area contributed by atoms with Gasteiger partial charge in [-0.1, -0.05) is 6.07 Å². The fourth-order valence-corrected chi connectivity index (χ4v) is 2.23. The first kappa shape index (κ1) is 8.42. The van der Waals surface area contributed by atoms with Crippen molar-refractivity contribution in [3.05, 3.63) is 29.1 Å². The molecule has 1 aromatic heterocycles. The van der Waals surface area contributed by atoms with Crippen molar-refractivity contribution in [1.29, 1.82) is 0 Å². The van der Waals surface area contributed by atoms with Crippen LogP contribution in [0.25, 0.3) is 0 Å². The minimum Gasteiger partial charge on any atom is -0.302 e. The Morgan fingerprint density at radius 2 is 2.29 bits per heavy atom. The first-order valence-electron chi connectivity index (χ1n) is 5.49. The number of hydrogen-bond acceptors (Lipinski definition) is 2. The molecule has 0 spiro atoms. The smallest absolute Gasteiger partial charge is 0.0461 e. The molecular weight excluding hydrogens is 172 g/mol. The second kappa shape index (κ2) is 3.06. The molecule has 2 heteroatoms. The van der Waals surface area contributed by atoms with Gasteiger partial charge < -0.3 is 4.90 Å². The van der Waals surface area contributed by atoms with E-state index in [4.69, 9.17) is 0 Å². The third-order valence-corrected chi connectivity index (χ3v) is 3.30. The molecule has 0 saturated heterocycles. The number of fused-ring (bicyclic) bond motifs is 1. The van der Waals surface area contributed by atoms with E-state index in [1.807, 2.05) is 0 Å². The maximum absolute atomic E-state index is 4.59. The highest BCUT2D eigenvalue weighted by Crippen LogP contribution is 2.40. The summed E-state index contributed by atoms with van der Waals surface area (Å²) in [4.78, 5) is 6.96. The third-order valence-electron chi connectivity index (χ3n) is 3.30. The zero-order chi connectivity index (χ0) is 9.54. The van der Waals surface area contributed by atoms with Crippen LogP contribution in [0.2, 0.25) is 0 Å². The van der Waals surface area contributed by atoms with Crippen molar-refractivity contribution in [3.63, 3.8) is 0 Å². The van der Waals surface area contributed by atoms with E-state index in [1.54, 1.807) is 0 Å². The minimum atomic E-state index is 0.833. The molecule has 74 valence electrons. The highest BCUT2D eigenvalue weighted by Gasteiger charge is 2.25. The molecule has 0 atom stereocenters. The predicted molar refractivity (Wildman–Crippen MR) is 56.3 cm³/mol. The summed E-state index contributed by atoms with van der Waals surface area (Å²) in [6.45, 7) is 2.24. The zero-order valence-electron chi connectivity index (χ0n) is 8.66. The molecule has 2 heterocycles. The molecule has 0 aromatic carbocycles. The molecule has 1 fully saturated rings. The Kier molecular flexibility index (Phi) is 1.84. The van der Waals surface area contributed by atoms with Gasteiger partial charge in [-0.15, -0.1) is 0 Å². The molecule has 1 aromatic rings. The standard InChI is InChI=1S/C12H16N2/c1-14-5-4-12-11(8-14)6-10(7-13-12)9-2-3-9/h6-7,9H,2-5,8H2,1H3. The van der Waals surface area contributed by atoms with Crippen molar-refractivity contribution in [2.75, 3.05) is 13.6 Å². The number of pyridine rings is 1. The van der Waals surface area contributed by atoms with Gasteiger partial charge in [0.2, 0.25) is 0 Å². The van der Waals surface area contributed by atoms with Gasteiger partial charge in [-0.25, -0.2) is 0 Å². The number of rotatable bonds is 1. The Bertz CT molecular complexity index is 355. The van der Waals surface area contributed by atoms with Crippen LogP contribution in [0.4, 0.5) is 0 Å². The summed E-state index contributed by atoms with van der Waals surface area (Å²) in [5.41, 5.74) is 4.26. The fraction of sp³-hybridized carbons (Fsp3) is 0.583. The zero-order valence-corrected chi connectivity index (χ0v) is 8.66. The summed E-state index contributed by atoms with van der Waals surface area (Å²) in [5.74, 6) is 0.833. The largest absolute Gasteiger partial charge is 0.302 e. The summed E-state index contributed by atoms with van der Waals surface area (Å²) in [6, 6.07) is 2.38. The number of hydrogen-bond donors (Lipinski definition) is 0. The van der Waals surface area contributed by atoms with Gasteiger partial charge in [-0.05, 0) is 36.9 Å². The molecule has 1 aliphatic heterocycles. The molecule has 14 heavy (non-hydrogen) atoms. The van der Waals surface area contributed by atoms with Crippen molar-refractivity contribution in [2.24, 2.45) is 0 Å². The molecule has 0 N–H and O–H groups in total. The average Bonchev–Trinajstić information content (AvgIpc) is 3.00. The number of nitrogens with zero attached hydrogens (tertiary/aromatic N) is 2. The Labute approximate surface area is 85.0 Å². The second-order valence-corrected chi connectivity index (χ2v) is 4.64. The maximum Gasteiger partial charge on any atom is 0.0461 e. The minimum absolute atomic E-state index is 0.833. The normalized spacial score (nSPS) is 22.1. The molecule has 0 amide bonds. The average molecular weight is 188 g/mol. The van der Waals surface area contributed by atoms with Gasteiger partial charge in [0.25, 0.3) is 0 Å². The van der Waals surface area contributed by atoms with Crippen molar-refractivity contribution < 1.29 is 0 Å². The number of likely N-dealkylation sites (N-methyl/N-ethyl adjacent to an activating group) is 1. The first-order chi connectivity index (χ1) is 6.83. The van der Waals surface area contributed by atoms with Gasteiger partial charge in [0.15, 0.2) is 0 Å². The quantitative estimate of drug-likeness (QED) is 0.669. The second-order valence-electron chi connectivity index (χ2n) is 4.64. The lowest BCUT2D eigenvalue weighted by Gasteiger charge is -2.24. The van der Waals surface area contributed by atoms with Gasteiger partial charge in [-0.2, -0.15) is 0 Å². The summed E-state index contributed by atoms with van der Waals surface area (Å²) in [7, 11) is 2.19. The van der Waals surface area contributed by atoms with Crippen LogP contribution in [0.1, 0.15) is 35.6 Å². The van der Waals surface area contributed by atoms with Crippen LogP contribution < -0.4 is 0 Å². The van der Waals surface area contributed by atoms with Crippen LogP contribution in [0.3, 0.4) is 0 Å². The van der Waals surface area contributed by atoms with Gasteiger partial charge in [-0.3, -0.25) is 4.98 Å². The topological polar surface area (TPSA) is 16.1 Å². The van der Waals surface area contributed by atoms with E-state index in [9.17, 15) is 0 Å². The van der Waals surface area contributed by atoms with Gasteiger partial charge >= 0.3 is 0 Å². The Hall–Kier alpha value is -0.890. The van der Waals surface area contributed by atoms with Gasteiger partial charge in [0, 0.05) is 31.4 Å². The Balaban J connectivity index is 1.95. The van der Waals surface area contributed by atoms with Gasteiger partial charge in [0.05, 0.1) is 0 Å². The van der Waals surface area contributed by atoms with E-state index < -0.39 is 0 Å². The van der Waals surface area contributed by atoms with Crippen molar-refractivity contribution in [3.8, 4) is 0 Å². The van der Waals surface area contributed by atoms with E-state index in [2.05, 4.69) is 29.2 Å². The predicted octanol–water partition coefficient (Wildman–Crippen LogP) is 1.95. The van der Waals surface area contributed by atoms with Crippen molar-refractivity contribution >= 4 is 0 Å². The van der Waals surface area contributed by atoms with Crippen LogP contribution in [0.5, 0.6) is 0 Å². The summed E-state index contributed by atoms with van der Waals surface area (Å²) in [5, 5.41) is 0. The molecule has 1 aliphatic carbocycles. The van der Waals surface area contributed by atoms with Crippen LogP contribution in [0.15, 0.2) is 12.3 Å². The van der Waals surface area contributed by atoms with Crippen LogP contribution in [-0.2, 0) is 13.0 Å². The number of aromatic nitrogens is 1. The van der Waals surface area contributed by atoms with E-state index in [0.717, 1.165) is 25.4 Å². The monoisotopic (exact) mass is 188 g/mol. The lowest BCUT2D eigenvalue weighted by Crippen LogP contribution is -2.27. The fourth-order valence-electron chi connectivity index (χ4n) is 2.23. The SMILES string of the molecule is CN1CCc2ncc(C3CC3)cc2C1. The van der Waals surface area contributed by atoms with E-state index in [1.165, 1.54) is 29.7 Å². The molecule has 1 saturated carbocycles.